The molecule has 2 aliphatic heterocycles. The lowest BCUT2D eigenvalue weighted by molar-refractivity contribution is -0.432. The van der Waals surface area contributed by atoms with Crippen molar-refractivity contribution in [1.29, 1.82) is 0 Å². The van der Waals surface area contributed by atoms with Gasteiger partial charge in [0, 0.05) is 58.9 Å². The van der Waals surface area contributed by atoms with Gasteiger partial charge in [0.1, 0.15) is 30.5 Å². The number of carbonyl (C=O) groups is 1. The second-order valence-electron chi connectivity index (χ2n) is 11.0. The van der Waals surface area contributed by atoms with Crippen LogP contribution in [0.15, 0.2) is 68.8 Å². The third-order valence-corrected chi connectivity index (χ3v) is 11.2. The average Bonchev–Trinajstić information content (AvgIpc) is 3.07. The normalized spacial score (nSPS) is 15.8. The van der Waals surface area contributed by atoms with Crippen LogP contribution in [0.3, 0.4) is 0 Å². The lowest BCUT2D eigenvalue weighted by Crippen LogP contribution is -2.47. The number of fused-ring (bicyclic) bond motifs is 2. The fraction of sp³-hybridized carbons (Fsp3) is 0.394. The number of hydrogen-bond donors (Lipinski definition) is 2. The zero-order valence-electron chi connectivity index (χ0n) is 26.4. The number of rotatable bonds is 12. The highest BCUT2D eigenvalue weighted by molar-refractivity contribution is 7.94. The zero-order chi connectivity index (χ0) is 33.0. The van der Waals surface area contributed by atoms with Crippen LogP contribution in [-0.4, -0.2) is 67.8 Å². The van der Waals surface area contributed by atoms with Crippen LogP contribution >= 0.6 is 12.0 Å². The van der Waals surface area contributed by atoms with Gasteiger partial charge >= 0.3 is 5.97 Å². The number of anilines is 1. The Hall–Kier alpha value is -3.46. The minimum absolute atomic E-state index is 0.0877. The summed E-state index contributed by atoms with van der Waals surface area (Å²) >= 11 is 0.655. The first-order valence-electron chi connectivity index (χ1n) is 15.6. The standard InChI is InChI=1S/C33H39N3O8S2/c1-5-34(6-2)22-12-15-25-29(19-22)42-30-20-23(35(7-3)8-4)13-16-26(30)32(25)27-17-14-24(21-31(27)45-44-43-39)46(40,41)36-18-10-9-11-28(36)33(37)38/h12-17,19-21,28H,5-11,18H2,1-4H3,(H-,37,38,39)/p+1. The van der Waals surface area contributed by atoms with Gasteiger partial charge < -0.3 is 14.4 Å². The minimum atomic E-state index is -4.18. The summed E-state index contributed by atoms with van der Waals surface area (Å²) in [4.78, 5) is 14.4. The fourth-order valence-corrected chi connectivity index (χ4v) is 8.58. The van der Waals surface area contributed by atoms with E-state index in [2.05, 4.69) is 42.2 Å². The van der Waals surface area contributed by atoms with Gasteiger partial charge in [0.05, 0.1) is 23.0 Å². The van der Waals surface area contributed by atoms with Crippen molar-refractivity contribution in [1.82, 2.24) is 8.88 Å². The SMILES string of the molecule is CCN(CC)c1ccc2c(-c3ccc(S(=O)(=O)N4CCCCC4C(=O)O)cc3SOOO)c3ccc(=[N+](CC)CC)cc-3oc2c1. The molecule has 0 amide bonds. The van der Waals surface area contributed by atoms with Crippen molar-refractivity contribution >= 4 is 44.7 Å². The van der Waals surface area contributed by atoms with Gasteiger partial charge in [-0.1, -0.05) is 11.1 Å². The number of carboxylic acid groups (broad SMARTS) is 1. The first kappa shape index (κ1) is 33.9. The Morgan fingerprint density at radius 1 is 1.02 bits per heavy atom. The molecule has 2 aromatic rings. The summed E-state index contributed by atoms with van der Waals surface area (Å²) < 4.78 is 42.4. The molecule has 5 rings (SSSR count). The molecule has 2 N–H and O–H groups in total. The predicted molar refractivity (Wildman–Crippen MR) is 178 cm³/mol. The van der Waals surface area contributed by atoms with Crippen molar-refractivity contribution in [3.8, 4) is 22.5 Å². The summed E-state index contributed by atoms with van der Waals surface area (Å²) in [6.45, 7) is 11.8. The largest absolute Gasteiger partial charge is 0.480 e. The second kappa shape index (κ2) is 14.5. The van der Waals surface area contributed by atoms with E-state index >= 15 is 0 Å². The highest BCUT2D eigenvalue weighted by Crippen LogP contribution is 2.45. The van der Waals surface area contributed by atoms with Crippen LogP contribution < -0.4 is 14.8 Å². The molecular formula is C33H40N3O8S2+. The molecule has 2 heterocycles. The van der Waals surface area contributed by atoms with Gasteiger partial charge in [0.2, 0.25) is 15.4 Å². The predicted octanol–water partition coefficient (Wildman–Crippen LogP) is 5.92. The van der Waals surface area contributed by atoms with Crippen LogP contribution in [0.5, 0.6) is 0 Å². The molecule has 46 heavy (non-hydrogen) atoms. The van der Waals surface area contributed by atoms with E-state index in [0.29, 0.717) is 46.7 Å². The molecule has 1 atom stereocenters. The van der Waals surface area contributed by atoms with Crippen molar-refractivity contribution in [2.75, 3.05) is 37.6 Å². The summed E-state index contributed by atoms with van der Waals surface area (Å²) in [5.41, 5.74) is 3.85. The van der Waals surface area contributed by atoms with Gasteiger partial charge in [0.15, 0.2) is 0 Å². The molecule has 0 aromatic heterocycles. The van der Waals surface area contributed by atoms with E-state index in [1.807, 2.05) is 36.4 Å². The van der Waals surface area contributed by atoms with Crippen LogP contribution in [0, 0.1) is 0 Å². The Bertz CT molecular complexity index is 1860. The number of carboxylic acids is 1. The van der Waals surface area contributed by atoms with E-state index < -0.39 is 22.0 Å². The number of sulfonamides is 1. The third kappa shape index (κ3) is 6.53. The Morgan fingerprint density at radius 2 is 1.76 bits per heavy atom. The van der Waals surface area contributed by atoms with E-state index in [0.717, 1.165) is 58.0 Å². The van der Waals surface area contributed by atoms with Crippen molar-refractivity contribution in [3.05, 3.63) is 60.0 Å². The molecule has 2 aromatic carbocycles. The maximum Gasteiger partial charge on any atom is 0.322 e. The molecule has 0 spiro atoms. The average molecular weight is 671 g/mol. The van der Waals surface area contributed by atoms with Gasteiger partial charge in [-0.3, -0.25) is 4.79 Å². The number of benzene rings is 3. The molecular weight excluding hydrogens is 631 g/mol. The number of aliphatic carboxylic acids is 1. The molecule has 0 radical (unpaired) electrons. The van der Waals surface area contributed by atoms with Gasteiger partial charge in [0.25, 0.3) is 0 Å². The molecule has 1 saturated heterocycles. The molecule has 13 heteroatoms. The number of hydrogen-bond acceptors (Lipinski definition) is 9. The minimum Gasteiger partial charge on any atom is -0.480 e. The molecule has 11 nitrogen and oxygen atoms in total. The Balaban J connectivity index is 1.78. The maximum atomic E-state index is 13.8. The summed E-state index contributed by atoms with van der Waals surface area (Å²) in [5.74, 6) is -0.529. The van der Waals surface area contributed by atoms with Crippen LogP contribution in [-0.2, 0) is 24.2 Å². The van der Waals surface area contributed by atoms with E-state index in [-0.39, 0.29) is 17.9 Å². The molecule has 246 valence electrons. The Morgan fingerprint density at radius 3 is 2.43 bits per heavy atom. The Labute approximate surface area is 273 Å². The highest BCUT2D eigenvalue weighted by atomic mass is 32.2. The first-order valence-corrected chi connectivity index (χ1v) is 17.7. The first-order chi connectivity index (χ1) is 22.2. The van der Waals surface area contributed by atoms with Gasteiger partial charge in [-0.2, -0.15) is 4.31 Å². The van der Waals surface area contributed by atoms with Gasteiger partial charge in [-0.25, -0.2) is 18.3 Å². The fourth-order valence-electron chi connectivity index (χ4n) is 6.29. The third-order valence-electron chi connectivity index (χ3n) is 8.67. The monoisotopic (exact) mass is 670 g/mol. The topological polar surface area (TPSA) is 133 Å². The van der Waals surface area contributed by atoms with Crippen molar-refractivity contribution in [2.45, 2.75) is 62.8 Å². The molecule has 0 saturated carbocycles. The summed E-state index contributed by atoms with van der Waals surface area (Å²) in [5, 5.41) is 24.6. The Kier molecular flexibility index (Phi) is 10.7. The zero-order valence-corrected chi connectivity index (χ0v) is 28.1. The van der Waals surface area contributed by atoms with Crippen LogP contribution in [0.4, 0.5) is 5.69 Å². The van der Waals surface area contributed by atoms with Crippen molar-refractivity contribution in [2.24, 2.45) is 0 Å². The lowest BCUT2D eigenvalue weighted by Gasteiger charge is -2.32. The molecule has 1 fully saturated rings. The maximum absolute atomic E-state index is 13.8. The molecule has 3 aliphatic rings. The molecule has 1 unspecified atom stereocenters. The molecule has 0 bridgehead atoms. The van der Waals surface area contributed by atoms with E-state index in [1.54, 1.807) is 6.07 Å². The van der Waals surface area contributed by atoms with Gasteiger partial charge in [-0.05, 0) is 82.9 Å². The van der Waals surface area contributed by atoms with Crippen molar-refractivity contribution in [3.63, 3.8) is 0 Å². The second-order valence-corrected chi connectivity index (χ2v) is 13.7. The lowest BCUT2D eigenvalue weighted by atomic mass is 9.93. The number of piperidine rings is 1. The highest BCUT2D eigenvalue weighted by Gasteiger charge is 2.38. The molecule has 1 aliphatic carbocycles. The van der Waals surface area contributed by atoms with Crippen LogP contribution in [0.2, 0.25) is 0 Å². The van der Waals surface area contributed by atoms with E-state index in [4.69, 9.17) is 14.0 Å². The van der Waals surface area contributed by atoms with E-state index in [9.17, 15) is 18.3 Å². The summed E-state index contributed by atoms with van der Waals surface area (Å²) in [6, 6.07) is 15.5. The van der Waals surface area contributed by atoms with Crippen LogP contribution in [0.25, 0.3) is 33.4 Å². The van der Waals surface area contributed by atoms with Crippen LogP contribution in [0.1, 0.15) is 47.0 Å². The van der Waals surface area contributed by atoms with Gasteiger partial charge in [-0.15, -0.1) is 4.33 Å². The van der Waals surface area contributed by atoms with Crippen molar-refractivity contribution < 1.29 is 37.4 Å². The summed E-state index contributed by atoms with van der Waals surface area (Å²) in [6.07, 6.45) is 1.45. The summed E-state index contributed by atoms with van der Waals surface area (Å²) in [7, 11) is -4.18. The van der Waals surface area contributed by atoms with E-state index in [1.165, 1.54) is 12.1 Å². The smallest absolute Gasteiger partial charge is 0.322 e. The number of nitrogens with zero attached hydrogens (tertiary/aromatic N) is 3. The quantitative estimate of drug-likeness (QED) is 0.0616.